The predicted molar refractivity (Wildman–Crippen MR) is 100 cm³/mol. The number of carbonyl (C=O) groups is 1. The zero-order valence-corrected chi connectivity index (χ0v) is 15.8. The summed E-state index contributed by atoms with van der Waals surface area (Å²) in [4.78, 5) is 16.8. The monoisotopic (exact) mass is 344 g/mol. The number of aliphatic hydroxyl groups excluding tert-OH is 1. The fraction of sp³-hybridized carbons (Fsp3) is 0.667. The molecule has 25 heavy (non-hydrogen) atoms. The SMILES string of the molecule is Cc1ccc(CN2CCC[C@@]3(CCC(=O)N(CCCO)C3)C2)cc1C. The third kappa shape index (κ3) is 4.42. The molecule has 1 amide bonds. The van der Waals surface area contributed by atoms with Crippen molar-refractivity contribution in [1.29, 1.82) is 0 Å². The molecule has 0 radical (unpaired) electrons. The van der Waals surface area contributed by atoms with Crippen molar-refractivity contribution >= 4 is 5.91 Å². The quantitative estimate of drug-likeness (QED) is 0.893. The molecule has 2 heterocycles. The van der Waals surface area contributed by atoms with E-state index in [1.54, 1.807) is 0 Å². The second-order valence-corrected chi connectivity index (χ2v) is 8.13. The summed E-state index contributed by atoms with van der Waals surface area (Å²) in [5.74, 6) is 0.269. The number of amides is 1. The van der Waals surface area contributed by atoms with Crippen molar-refractivity contribution in [2.24, 2.45) is 5.41 Å². The highest BCUT2D eigenvalue weighted by atomic mass is 16.3. The zero-order valence-electron chi connectivity index (χ0n) is 15.8. The first-order valence-electron chi connectivity index (χ1n) is 9.68. The van der Waals surface area contributed by atoms with Crippen LogP contribution < -0.4 is 0 Å². The molecule has 138 valence electrons. The van der Waals surface area contributed by atoms with Crippen LogP contribution in [0.5, 0.6) is 0 Å². The molecule has 0 unspecified atom stereocenters. The normalized spacial score (nSPS) is 24.9. The first-order valence-corrected chi connectivity index (χ1v) is 9.68. The minimum atomic E-state index is 0.162. The van der Waals surface area contributed by atoms with E-state index in [4.69, 9.17) is 5.11 Å². The number of hydrogen-bond acceptors (Lipinski definition) is 3. The molecule has 0 saturated carbocycles. The van der Waals surface area contributed by atoms with Crippen molar-refractivity contribution in [3.8, 4) is 0 Å². The summed E-state index contributed by atoms with van der Waals surface area (Å²) in [6, 6.07) is 6.79. The number of aliphatic hydroxyl groups is 1. The van der Waals surface area contributed by atoms with Gasteiger partial charge in [0.1, 0.15) is 0 Å². The van der Waals surface area contributed by atoms with Gasteiger partial charge in [-0.05, 0) is 62.8 Å². The topological polar surface area (TPSA) is 43.8 Å². The van der Waals surface area contributed by atoms with Gasteiger partial charge < -0.3 is 10.0 Å². The summed E-state index contributed by atoms with van der Waals surface area (Å²) >= 11 is 0. The first-order chi connectivity index (χ1) is 12.0. The highest BCUT2D eigenvalue weighted by Gasteiger charge is 2.41. The minimum Gasteiger partial charge on any atom is -0.396 e. The Labute approximate surface area is 151 Å². The molecule has 1 aromatic rings. The lowest BCUT2D eigenvalue weighted by Gasteiger charge is -2.48. The van der Waals surface area contributed by atoms with Gasteiger partial charge in [-0.3, -0.25) is 9.69 Å². The Hall–Kier alpha value is -1.39. The summed E-state index contributed by atoms with van der Waals surface area (Å²) in [5.41, 5.74) is 4.36. The molecule has 4 nitrogen and oxygen atoms in total. The van der Waals surface area contributed by atoms with Gasteiger partial charge in [-0.25, -0.2) is 0 Å². The lowest BCUT2D eigenvalue weighted by molar-refractivity contribution is -0.139. The second-order valence-electron chi connectivity index (χ2n) is 8.13. The van der Waals surface area contributed by atoms with E-state index in [-0.39, 0.29) is 17.9 Å². The van der Waals surface area contributed by atoms with Crippen molar-refractivity contribution in [3.63, 3.8) is 0 Å². The number of piperidine rings is 2. The van der Waals surface area contributed by atoms with Crippen molar-refractivity contribution in [2.45, 2.75) is 52.5 Å². The van der Waals surface area contributed by atoms with E-state index in [1.165, 1.54) is 29.5 Å². The van der Waals surface area contributed by atoms with Crippen LogP contribution in [0.15, 0.2) is 18.2 Å². The second kappa shape index (κ2) is 7.88. The summed E-state index contributed by atoms with van der Waals surface area (Å²) in [6.45, 7) is 9.33. The van der Waals surface area contributed by atoms with Gasteiger partial charge in [-0.2, -0.15) is 0 Å². The minimum absolute atomic E-state index is 0.162. The van der Waals surface area contributed by atoms with Crippen molar-refractivity contribution in [1.82, 2.24) is 9.80 Å². The average Bonchev–Trinajstić information content (AvgIpc) is 2.59. The van der Waals surface area contributed by atoms with Crippen molar-refractivity contribution in [3.05, 3.63) is 34.9 Å². The van der Waals surface area contributed by atoms with Crippen LogP contribution in [0.1, 0.15) is 48.8 Å². The highest BCUT2D eigenvalue weighted by Crippen LogP contribution is 2.39. The van der Waals surface area contributed by atoms with E-state index < -0.39 is 0 Å². The average molecular weight is 344 g/mol. The Kier molecular flexibility index (Phi) is 5.80. The molecule has 4 heteroatoms. The van der Waals surface area contributed by atoms with Gasteiger partial charge in [0.15, 0.2) is 0 Å². The predicted octanol–water partition coefficient (Wildman–Crippen LogP) is 2.89. The Morgan fingerprint density at radius 3 is 2.76 bits per heavy atom. The van der Waals surface area contributed by atoms with Crippen LogP contribution in [0.4, 0.5) is 0 Å². The van der Waals surface area contributed by atoms with E-state index >= 15 is 0 Å². The summed E-state index contributed by atoms with van der Waals surface area (Å²) < 4.78 is 0. The molecular formula is C21H32N2O2. The first kappa shape index (κ1) is 18.4. The van der Waals surface area contributed by atoms with Gasteiger partial charge in [-0.15, -0.1) is 0 Å². The molecule has 1 aromatic carbocycles. The number of likely N-dealkylation sites (tertiary alicyclic amines) is 2. The Morgan fingerprint density at radius 2 is 2.00 bits per heavy atom. The maximum Gasteiger partial charge on any atom is 0.222 e. The lowest BCUT2D eigenvalue weighted by Crippen LogP contribution is -2.54. The molecule has 2 aliphatic rings. The van der Waals surface area contributed by atoms with Crippen molar-refractivity contribution < 1.29 is 9.90 Å². The molecule has 3 rings (SSSR count). The van der Waals surface area contributed by atoms with Crippen LogP contribution in [-0.4, -0.2) is 53.6 Å². The van der Waals surface area contributed by atoms with Crippen LogP contribution in [0.3, 0.4) is 0 Å². The summed E-state index contributed by atoms with van der Waals surface area (Å²) in [6.07, 6.45) is 4.81. The Bertz CT molecular complexity index is 616. The van der Waals surface area contributed by atoms with Crippen LogP contribution in [-0.2, 0) is 11.3 Å². The third-order valence-corrected chi connectivity index (χ3v) is 6.05. The van der Waals surface area contributed by atoms with E-state index in [0.717, 1.165) is 32.6 Å². The maximum absolute atomic E-state index is 12.2. The maximum atomic E-state index is 12.2. The zero-order chi connectivity index (χ0) is 17.9. The fourth-order valence-electron chi connectivity index (χ4n) is 4.51. The van der Waals surface area contributed by atoms with Crippen LogP contribution in [0.25, 0.3) is 0 Å². The molecule has 1 spiro atoms. The van der Waals surface area contributed by atoms with E-state index in [2.05, 4.69) is 36.9 Å². The van der Waals surface area contributed by atoms with Gasteiger partial charge >= 0.3 is 0 Å². The number of aryl methyl sites for hydroxylation is 2. The number of carbonyl (C=O) groups excluding carboxylic acids is 1. The fourth-order valence-corrected chi connectivity index (χ4v) is 4.51. The lowest BCUT2D eigenvalue weighted by atomic mass is 9.73. The highest BCUT2D eigenvalue weighted by molar-refractivity contribution is 5.77. The molecule has 0 aromatic heterocycles. The van der Waals surface area contributed by atoms with Gasteiger partial charge in [0.25, 0.3) is 0 Å². The van der Waals surface area contributed by atoms with Gasteiger partial charge in [0.05, 0.1) is 0 Å². The third-order valence-electron chi connectivity index (χ3n) is 6.05. The number of nitrogens with zero attached hydrogens (tertiary/aromatic N) is 2. The number of hydrogen-bond donors (Lipinski definition) is 1. The smallest absolute Gasteiger partial charge is 0.222 e. The largest absolute Gasteiger partial charge is 0.396 e. The number of benzene rings is 1. The Balaban J connectivity index is 1.65. The molecule has 1 atom stereocenters. The Morgan fingerprint density at radius 1 is 1.16 bits per heavy atom. The van der Waals surface area contributed by atoms with Crippen molar-refractivity contribution in [2.75, 3.05) is 32.8 Å². The molecule has 2 aliphatic heterocycles. The van der Waals surface area contributed by atoms with Gasteiger partial charge in [0.2, 0.25) is 5.91 Å². The molecule has 0 bridgehead atoms. The van der Waals surface area contributed by atoms with E-state index in [9.17, 15) is 4.79 Å². The summed E-state index contributed by atoms with van der Waals surface area (Å²) in [7, 11) is 0. The molecular weight excluding hydrogens is 312 g/mol. The van der Waals surface area contributed by atoms with Crippen LogP contribution in [0.2, 0.25) is 0 Å². The van der Waals surface area contributed by atoms with Crippen LogP contribution in [0, 0.1) is 19.3 Å². The van der Waals surface area contributed by atoms with Gasteiger partial charge in [-0.1, -0.05) is 18.2 Å². The van der Waals surface area contributed by atoms with Gasteiger partial charge in [0, 0.05) is 44.6 Å². The summed E-state index contributed by atoms with van der Waals surface area (Å²) in [5, 5.41) is 9.09. The van der Waals surface area contributed by atoms with Crippen LogP contribution >= 0.6 is 0 Å². The van der Waals surface area contributed by atoms with E-state index in [1.807, 2.05) is 4.90 Å². The molecule has 2 fully saturated rings. The molecule has 1 N–H and O–H groups in total. The molecule has 2 saturated heterocycles. The van der Waals surface area contributed by atoms with E-state index in [0.29, 0.717) is 19.4 Å². The standard InChI is InChI=1S/C21H32N2O2/c1-17-5-6-19(13-18(17)2)14-22-10-3-8-21(15-22)9-7-20(25)23(16-21)11-4-12-24/h5-6,13,24H,3-4,7-12,14-16H2,1-2H3/t21-/m1/s1. The molecule has 0 aliphatic carbocycles. The number of rotatable bonds is 5.